The van der Waals surface area contributed by atoms with Crippen LogP contribution in [-0.4, -0.2) is 28.0 Å². The number of amides is 1. The first-order valence-electron chi connectivity index (χ1n) is 6.58. The molecule has 2 heterocycles. The Morgan fingerprint density at radius 3 is 2.85 bits per heavy atom. The van der Waals surface area contributed by atoms with Gasteiger partial charge in [-0.2, -0.15) is 5.10 Å². The molecule has 5 heteroatoms. The van der Waals surface area contributed by atoms with Crippen LogP contribution < -0.4 is 5.32 Å². The summed E-state index contributed by atoms with van der Waals surface area (Å²) in [6, 6.07) is 11.6. The van der Waals surface area contributed by atoms with E-state index in [1.807, 2.05) is 30.3 Å². The maximum Gasteiger partial charge on any atom is 0.269 e. The second-order valence-electron chi connectivity index (χ2n) is 4.97. The predicted octanol–water partition coefficient (Wildman–Crippen LogP) is 1.61. The quantitative estimate of drug-likeness (QED) is 0.861. The molecule has 1 aromatic heterocycles. The van der Waals surface area contributed by atoms with E-state index in [2.05, 4.69) is 10.4 Å². The minimum absolute atomic E-state index is 0.0400. The number of carbonyl (C=O) groups is 2. The van der Waals surface area contributed by atoms with Gasteiger partial charge in [0.05, 0.1) is 6.04 Å². The number of nitrogens with one attached hydrogen (secondary N) is 1. The Kier molecular flexibility index (Phi) is 3.10. The summed E-state index contributed by atoms with van der Waals surface area (Å²) in [4.78, 5) is 23.3. The van der Waals surface area contributed by atoms with Gasteiger partial charge in [0.1, 0.15) is 11.4 Å². The van der Waals surface area contributed by atoms with Crippen LogP contribution in [0.2, 0.25) is 0 Å². The summed E-state index contributed by atoms with van der Waals surface area (Å²) in [7, 11) is 0. The molecular weight excluding hydrogens is 254 g/mol. The molecule has 1 aliphatic heterocycles. The Labute approximate surface area is 116 Å². The average molecular weight is 269 g/mol. The minimum atomic E-state index is -0.172. The third-order valence-corrected chi connectivity index (χ3v) is 3.49. The number of benzene rings is 1. The second kappa shape index (κ2) is 4.92. The lowest BCUT2D eigenvalue weighted by molar-refractivity contribution is 0.0907. The molecule has 5 nitrogen and oxygen atoms in total. The summed E-state index contributed by atoms with van der Waals surface area (Å²) in [6.07, 6.45) is 0.771. The van der Waals surface area contributed by atoms with E-state index in [4.69, 9.17) is 0 Å². The molecule has 1 amide bonds. The first kappa shape index (κ1) is 12.6. The highest BCUT2D eigenvalue weighted by molar-refractivity contribution is 5.98. The molecule has 1 unspecified atom stereocenters. The van der Waals surface area contributed by atoms with Gasteiger partial charge in [0, 0.05) is 19.5 Å². The molecular formula is C15H15N3O2. The fourth-order valence-corrected chi connectivity index (χ4v) is 2.45. The summed E-state index contributed by atoms with van der Waals surface area (Å²) in [5.74, 6) is -0.299. The standard InChI is InChI=1S/C15H15N3O2/c1-10(19)13-8-14-15(20)16-9-12(18(14)17-13)7-11-5-3-2-4-6-11/h2-6,8,12H,7,9H2,1H3,(H,16,20). The predicted molar refractivity (Wildman–Crippen MR) is 73.7 cm³/mol. The summed E-state index contributed by atoms with van der Waals surface area (Å²) < 4.78 is 1.68. The number of Topliss-reactive ketones (excluding diaryl/α,β-unsaturated/α-hetero) is 1. The van der Waals surface area contributed by atoms with Crippen molar-refractivity contribution in [1.82, 2.24) is 15.1 Å². The number of hydrogen-bond donors (Lipinski definition) is 1. The molecule has 0 fully saturated rings. The van der Waals surface area contributed by atoms with Crippen molar-refractivity contribution in [3.63, 3.8) is 0 Å². The maximum atomic E-state index is 11.8. The Balaban J connectivity index is 1.94. The monoisotopic (exact) mass is 269 g/mol. The lowest BCUT2D eigenvalue weighted by Crippen LogP contribution is -2.40. The normalized spacial score (nSPS) is 17.4. The molecule has 3 rings (SSSR count). The fraction of sp³-hybridized carbons (Fsp3) is 0.267. The van der Waals surface area contributed by atoms with Crippen molar-refractivity contribution >= 4 is 11.7 Å². The van der Waals surface area contributed by atoms with Gasteiger partial charge in [-0.25, -0.2) is 0 Å². The number of ketones is 1. The highest BCUT2D eigenvalue weighted by atomic mass is 16.2. The van der Waals surface area contributed by atoms with Crippen LogP contribution in [0, 0.1) is 0 Å². The Bertz CT molecular complexity index is 661. The summed E-state index contributed by atoms with van der Waals surface area (Å²) in [6.45, 7) is 1.98. The topological polar surface area (TPSA) is 64.0 Å². The largest absolute Gasteiger partial charge is 0.349 e. The van der Waals surface area contributed by atoms with E-state index in [0.29, 0.717) is 17.9 Å². The summed E-state index contributed by atoms with van der Waals surface area (Å²) in [5.41, 5.74) is 1.98. The zero-order chi connectivity index (χ0) is 14.1. The SMILES string of the molecule is CC(=O)c1cc2n(n1)C(Cc1ccccc1)CNC2=O. The first-order chi connectivity index (χ1) is 9.65. The van der Waals surface area contributed by atoms with Gasteiger partial charge in [0.2, 0.25) is 0 Å². The molecule has 1 atom stereocenters. The van der Waals surface area contributed by atoms with Crippen molar-refractivity contribution in [2.45, 2.75) is 19.4 Å². The van der Waals surface area contributed by atoms with E-state index in [-0.39, 0.29) is 17.7 Å². The molecule has 0 radical (unpaired) electrons. The fourth-order valence-electron chi connectivity index (χ4n) is 2.45. The molecule has 1 N–H and O–H groups in total. The van der Waals surface area contributed by atoms with Crippen molar-refractivity contribution < 1.29 is 9.59 Å². The number of carbonyl (C=O) groups excluding carboxylic acids is 2. The Morgan fingerprint density at radius 1 is 1.40 bits per heavy atom. The number of rotatable bonds is 3. The molecule has 20 heavy (non-hydrogen) atoms. The Morgan fingerprint density at radius 2 is 2.15 bits per heavy atom. The van der Waals surface area contributed by atoms with E-state index >= 15 is 0 Å². The van der Waals surface area contributed by atoms with E-state index in [1.54, 1.807) is 10.7 Å². The molecule has 1 aromatic carbocycles. The smallest absolute Gasteiger partial charge is 0.269 e. The van der Waals surface area contributed by atoms with Crippen LogP contribution in [0.5, 0.6) is 0 Å². The zero-order valence-corrected chi connectivity index (χ0v) is 11.2. The van der Waals surface area contributed by atoms with Gasteiger partial charge in [-0.1, -0.05) is 30.3 Å². The van der Waals surface area contributed by atoms with Gasteiger partial charge < -0.3 is 5.32 Å². The van der Waals surface area contributed by atoms with Crippen LogP contribution in [0.4, 0.5) is 0 Å². The van der Waals surface area contributed by atoms with Crippen LogP contribution in [0.25, 0.3) is 0 Å². The second-order valence-corrected chi connectivity index (χ2v) is 4.97. The lowest BCUT2D eigenvalue weighted by atomic mass is 10.0. The molecule has 102 valence electrons. The average Bonchev–Trinajstić information content (AvgIpc) is 2.90. The van der Waals surface area contributed by atoms with Gasteiger partial charge in [-0.05, 0) is 12.0 Å². The molecule has 0 bridgehead atoms. The van der Waals surface area contributed by atoms with Crippen LogP contribution in [-0.2, 0) is 6.42 Å². The van der Waals surface area contributed by atoms with Crippen LogP contribution in [0.1, 0.15) is 39.5 Å². The van der Waals surface area contributed by atoms with Crippen LogP contribution >= 0.6 is 0 Å². The van der Waals surface area contributed by atoms with Gasteiger partial charge in [-0.15, -0.1) is 0 Å². The van der Waals surface area contributed by atoms with Crippen LogP contribution in [0.15, 0.2) is 36.4 Å². The van der Waals surface area contributed by atoms with Crippen molar-refractivity contribution in [2.24, 2.45) is 0 Å². The molecule has 1 aliphatic rings. The summed E-state index contributed by atoms with van der Waals surface area (Å²) in [5, 5.41) is 7.13. The highest BCUT2D eigenvalue weighted by Crippen LogP contribution is 2.20. The van der Waals surface area contributed by atoms with Gasteiger partial charge in [-0.3, -0.25) is 14.3 Å². The number of fused-ring (bicyclic) bond motifs is 1. The maximum absolute atomic E-state index is 11.8. The van der Waals surface area contributed by atoms with Gasteiger partial charge in [0.15, 0.2) is 5.78 Å². The molecule has 0 aliphatic carbocycles. The third kappa shape index (κ3) is 2.22. The Hall–Kier alpha value is -2.43. The number of aromatic nitrogens is 2. The number of nitrogens with zero attached hydrogens (tertiary/aromatic N) is 2. The van der Waals surface area contributed by atoms with Gasteiger partial charge >= 0.3 is 0 Å². The van der Waals surface area contributed by atoms with E-state index < -0.39 is 0 Å². The molecule has 2 aromatic rings. The van der Waals surface area contributed by atoms with Crippen molar-refractivity contribution in [2.75, 3.05) is 6.54 Å². The van der Waals surface area contributed by atoms with Crippen LogP contribution in [0.3, 0.4) is 0 Å². The minimum Gasteiger partial charge on any atom is -0.349 e. The molecule has 0 spiro atoms. The van der Waals surface area contributed by atoms with Gasteiger partial charge in [0.25, 0.3) is 5.91 Å². The summed E-state index contributed by atoms with van der Waals surface area (Å²) >= 11 is 0. The number of hydrogen-bond acceptors (Lipinski definition) is 3. The van der Waals surface area contributed by atoms with E-state index in [9.17, 15) is 9.59 Å². The highest BCUT2D eigenvalue weighted by Gasteiger charge is 2.27. The lowest BCUT2D eigenvalue weighted by Gasteiger charge is -2.24. The van der Waals surface area contributed by atoms with Crippen molar-refractivity contribution in [1.29, 1.82) is 0 Å². The zero-order valence-electron chi connectivity index (χ0n) is 11.2. The van der Waals surface area contributed by atoms with Crippen molar-refractivity contribution in [3.8, 4) is 0 Å². The van der Waals surface area contributed by atoms with E-state index in [1.165, 1.54) is 12.5 Å². The molecule has 0 saturated heterocycles. The van der Waals surface area contributed by atoms with Crippen molar-refractivity contribution in [3.05, 3.63) is 53.3 Å². The van der Waals surface area contributed by atoms with E-state index in [0.717, 1.165) is 6.42 Å². The third-order valence-electron chi connectivity index (χ3n) is 3.49. The molecule has 0 saturated carbocycles. The first-order valence-corrected chi connectivity index (χ1v) is 6.58.